The molecule has 0 unspecified atom stereocenters. The van der Waals surface area contributed by atoms with Gasteiger partial charge in [0.05, 0.1) is 17.8 Å². The van der Waals surface area contributed by atoms with Crippen LogP contribution in [0.5, 0.6) is 0 Å². The number of carbonyl (C=O) groups is 1. The summed E-state index contributed by atoms with van der Waals surface area (Å²) in [5, 5.41) is 7.01. The summed E-state index contributed by atoms with van der Waals surface area (Å²) in [7, 11) is 0. The van der Waals surface area contributed by atoms with Gasteiger partial charge in [0.1, 0.15) is 6.54 Å². The highest BCUT2D eigenvalue weighted by atomic mass is 16.4. The number of aromatic nitrogens is 4. The fourth-order valence-corrected chi connectivity index (χ4v) is 2.94. The third-order valence-corrected chi connectivity index (χ3v) is 4.35. The van der Waals surface area contributed by atoms with Gasteiger partial charge in [-0.3, -0.25) is 19.1 Å². The SMILES string of the molecule is O=C(Cn1c(=O)oc2ccccc21)NCCn1nc(-c2cccnc2)ccc1=O. The van der Waals surface area contributed by atoms with E-state index in [9.17, 15) is 14.4 Å². The fourth-order valence-electron chi connectivity index (χ4n) is 2.94. The average molecular weight is 391 g/mol. The maximum atomic E-state index is 12.2. The molecule has 1 N–H and O–H groups in total. The van der Waals surface area contributed by atoms with Crippen LogP contribution >= 0.6 is 0 Å². The number of hydrogen-bond donors (Lipinski definition) is 1. The lowest BCUT2D eigenvalue weighted by Crippen LogP contribution is -2.35. The Labute approximate surface area is 164 Å². The van der Waals surface area contributed by atoms with Crippen molar-refractivity contribution in [3.8, 4) is 11.3 Å². The van der Waals surface area contributed by atoms with E-state index in [2.05, 4.69) is 15.4 Å². The van der Waals surface area contributed by atoms with Crippen LogP contribution in [0.2, 0.25) is 0 Å². The lowest BCUT2D eigenvalue weighted by atomic mass is 10.2. The van der Waals surface area contributed by atoms with Crippen LogP contribution in [0.3, 0.4) is 0 Å². The van der Waals surface area contributed by atoms with Gasteiger partial charge in [0, 0.05) is 30.6 Å². The van der Waals surface area contributed by atoms with Crippen LogP contribution in [0.4, 0.5) is 0 Å². The number of rotatable bonds is 6. The molecule has 4 aromatic rings. The standard InChI is InChI=1S/C20H17N5O4/c26-18(13-24-16-5-1-2-6-17(16)29-20(24)28)22-10-11-25-19(27)8-7-15(23-25)14-4-3-9-21-12-14/h1-9,12H,10-11,13H2,(H,22,26). The number of benzene rings is 1. The number of oxazole rings is 1. The van der Waals surface area contributed by atoms with Crippen LogP contribution in [-0.2, 0) is 17.9 Å². The van der Waals surface area contributed by atoms with E-state index in [1.165, 1.54) is 15.3 Å². The van der Waals surface area contributed by atoms with E-state index in [0.29, 0.717) is 16.8 Å². The van der Waals surface area contributed by atoms with Crippen LogP contribution in [-0.4, -0.2) is 31.8 Å². The first-order valence-electron chi connectivity index (χ1n) is 8.95. The number of carbonyl (C=O) groups excluding carboxylic acids is 1. The molecule has 0 aliphatic carbocycles. The molecular weight excluding hydrogens is 374 g/mol. The molecule has 4 rings (SSSR count). The lowest BCUT2D eigenvalue weighted by molar-refractivity contribution is -0.121. The second-order valence-electron chi connectivity index (χ2n) is 6.29. The van der Waals surface area contributed by atoms with Crippen molar-refractivity contribution < 1.29 is 9.21 Å². The van der Waals surface area contributed by atoms with Crippen LogP contribution < -0.4 is 16.6 Å². The van der Waals surface area contributed by atoms with Gasteiger partial charge in [0.25, 0.3) is 5.56 Å². The molecule has 146 valence electrons. The van der Waals surface area contributed by atoms with Gasteiger partial charge in [-0.1, -0.05) is 12.1 Å². The van der Waals surface area contributed by atoms with Crippen molar-refractivity contribution in [3.63, 3.8) is 0 Å². The number of fused-ring (bicyclic) bond motifs is 1. The second-order valence-corrected chi connectivity index (χ2v) is 6.29. The molecule has 0 atom stereocenters. The van der Waals surface area contributed by atoms with Gasteiger partial charge in [-0.25, -0.2) is 9.48 Å². The molecule has 29 heavy (non-hydrogen) atoms. The van der Waals surface area contributed by atoms with E-state index in [-0.39, 0.29) is 31.1 Å². The zero-order valence-corrected chi connectivity index (χ0v) is 15.3. The minimum absolute atomic E-state index is 0.173. The molecular formula is C20H17N5O4. The van der Waals surface area contributed by atoms with Gasteiger partial charge in [0.15, 0.2) is 5.58 Å². The fraction of sp³-hybridized carbons (Fsp3) is 0.150. The van der Waals surface area contributed by atoms with Crippen molar-refractivity contribution in [2.75, 3.05) is 6.54 Å². The first kappa shape index (κ1) is 18.4. The van der Waals surface area contributed by atoms with Gasteiger partial charge in [-0.2, -0.15) is 5.10 Å². The second kappa shape index (κ2) is 7.93. The third-order valence-electron chi connectivity index (χ3n) is 4.35. The third kappa shape index (κ3) is 3.98. The number of nitrogens with zero attached hydrogens (tertiary/aromatic N) is 4. The summed E-state index contributed by atoms with van der Waals surface area (Å²) in [4.78, 5) is 40.3. The predicted molar refractivity (Wildman–Crippen MR) is 105 cm³/mol. The first-order chi connectivity index (χ1) is 14.1. The van der Waals surface area contributed by atoms with Crippen molar-refractivity contribution in [2.45, 2.75) is 13.1 Å². The minimum Gasteiger partial charge on any atom is -0.408 e. The lowest BCUT2D eigenvalue weighted by Gasteiger charge is -2.08. The van der Waals surface area contributed by atoms with Gasteiger partial charge in [-0.15, -0.1) is 0 Å². The summed E-state index contributed by atoms with van der Waals surface area (Å²) in [6.07, 6.45) is 3.31. The summed E-state index contributed by atoms with van der Waals surface area (Å²) in [6, 6.07) is 13.6. The molecule has 0 aliphatic rings. The Morgan fingerprint density at radius 2 is 1.93 bits per heavy atom. The molecule has 3 heterocycles. The Morgan fingerprint density at radius 1 is 1.07 bits per heavy atom. The van der Waals surface area contributed by atoms with Crippen LogP contribution in [0.25, 0.3) is 22.4 Å². The normalized spacial score (nSPS) is 10.9. The number of para-hydroxylation sites is 2. The highest BCUT2D eigenvalue weighted by Gasteiger charge is 2.12. The Balaban J connectivity index is 1.41. The maximum absolute atomic E-state index is 12.2. The van der Waals surface area contributed by atoms with Gasteiger partial charge >= 0.3 is 5.76 Å². The minimum atomic E-state index is -0.594. The van der Waals surface area contributed by atoms with Crippen molar-refractivity contribution in [1.29, 1.82) is 0 Å². The van der Waals surface area contributed by atoms with E-state index < -0.39 is 5.76 Å². The van der Waals surface area contributed by atoms with E-state index in [1.54, 1.807) is 48.8 Å². The largest absolute Gasteiger partial charge is 0.420 e. The Morgan fingerprint density at radius 3 is 2.76 bits per heavy atom. The summed E-state index contributed by atoms with van der Waals surface area (Å²) in [5.41, 5.74) is 2.10. The molecule has 0 saturated heterocycles. The Kier molecular flexibility index (Phi) is 5.02. The van der Waals surface area contributed by atoms with Crippen LogP contribution in [0.1, 0.15) is 0 Å². The monoisotopic (exact) mass is 391 g/mol. The molecule has 3 aromatic heterocycles. The first-order valence-corrected chi connectivity index (χ1v) is 8.95. The zero-order valence-electron chi connectivity index (χ0n) is 15.3. The Bertz CT molecular complexity index is 1270. The quantitative estimate of drug-likeness (QED) is 0.525. The molecule has 0 aliphatic heterocycles. The van der Waals surface area contributed by atoms with Gasteiger partial charge < -0.3 is 9.73 Å². The number of amides is 1. The number of hydrogen-bond acceptors (Lipinski definition) is 6. The van der Waals surface area contributed by atoms with Gasteiger partial charge in [-0.05, 0) is 30.3 Å². The summed E-state index contributed by atoms with van der Waals surface area (Å²) in [5.74, 6) is -0.960. The van der Waals surface area contributed by atoms with Crippen LogP contribution in [0, 0.1) is 0 Å². The molecule has 1 amide bonds. The molecule has 0 bridgehead atoms. The highest BCUT2D eigenvalue weighted by Crippen LogP contribution is 2.13. The van der Waals surface area contributed by atoms with Crippen molar-refractivity contribution in [3.05, 3.63) is 81.8 Å². The molecule has 9 nitrogen and oxygen atoms in total. The Hall–Kier alpha value is -4.01. The van der Waals surface area contributed by atoms with Crippen LogP contribution in [0.15, 0.2) is 74.9 Å². The van der Waals surface area contributed by atoms with E-state index >= 15 is 0 Å². The smallest absolute Gasteiger partial charge is 0.408 e. The van der Waals surface area contributed by atoms with Crippen molar-refractivity contribution >= 4 is 17.0 Å². The summed E-state index contributed by atoms with van der Waals surface area (Å²) < 4.78 is 7.65. The van der Waals surface area contributed by atoms with Crippen molar-refractivity contribution in [2.24, 2.45) is 0 Å². The predicted octanol–water partition coefficient (Wildman–Crippen LogP) is 1.03. The molecule has 0 saturated carbocycles. The topological polar surface area (TPSA) is 112 Å². The average Bonchev–Trinajstić information content (AvgIpc) is 3.05. The maximum Gasteiger partial charge on any atom is 0.420 e. The molecule has 0 radical (unpaired) electrons. The highest BCUT2D eigenvalue weighted by molar-refractivity contribution is 5.79. The van der Waals surface area contributed by atoms with Gasteiger partial charge in [0.2, 0.25) is 5.91 Å². The molecule has 9 heteroatoms. The number of pyridine rings is 1. The molecule has 0 fully saturated rings. The molecule has 1 aromatic carbocycles. The zero-order chi connectivity index (χ0) is 20.2. The van der Waals surface area contributed by atoms with Crippen molar-refractivity contribution in [1.82, 2.24) is 24.6 Å². The van der Waals surface area contributed by atoms with E-state index in [1.807, 2.05) is 6.07 Å². The summed E-state index contributed by atoms with van der Waals surface area (Å²) in [6.45, 7) is 0.209. The molecule has 0 spiro atoms. The summed E-state index contributed by atoms with van der Waals surface area (Å²) >= 11 is 0. The van der Waals surface area contributed by atoms with E-state index in [4.69, 9.17) is 4.42 Å². The van der Waals surface area contributed by atoms with E-state index in [0.717, 1.165) is 5.56 Å². The number of nitrogens with one attached hydrogen (secondary N) is 1.